The third-order valence-electron chi connectivity index (χ3n) is 21.6. The molecule has 0 saturated carbocycles. The Morgan fingerprint density at radius 2 is 0.640 bits per heavy atom. The average molecular weight is 1420 g/mol. The Bertz CT molecular complexity index is 1770. The summed E-state index contributed by atoms with van der Waals surface area (Å²) in [5.41, 5.74) is 0. The molecule has 9 N–H and O–H groups in total. The number of rotatable bonds is 75. The van der Waals surface area contributed by atoms with Gasteiger partial charge < -0.3 is 65.1 Å². The first-order chi connectivity index (χ1) is 49.1. The van der Waals surface area contributed by atoms with Gasteiger partial charge in [-0.2, -0.15) is 0 Å². The fourth-order valence-corrected chi connectivity index (χ4v) is 14.8. The molecule has 0 aromatic heterocycles. The Morgan fingerprint density at radius 1 is 0.350 bits per heavy atom. The van der Waals surface area contributed by atoms with Crippen molar-refractivity contribution in [3.05, 3.63) is 24.3 Å². The van der Waals surface area contributed by atoms with Crippen LogP contribution >= 0.6 is 0 Å². The Balaban J connectivity index is 1.56. The maximum absolute atomic E-state index is 13.4. The summed E-state index contributed by atoms with van der Waals surface area (Å²) < 4.78 is 22.9. The number of hydrogen-bond acceptors (Lipinski definition) is 13. The molecule has 1 amide bonds. The Morgan fingerprint density at radius 3 is 0.980 bits per heavy atom. The van der Waals surface area contributed by atoms with Crippen LogP contribution in [0, 0.1) is 0 Å². The molecule has 14 nitrogen and oxygen atoms in total. The number of aliphatic hydroxyl groups is 8. The van der Waals surface area contributed by atoms with Crippen molar-refractivity contribution < 1.29 is 64.6 Å². The second-order valence-electron chi connectivity index (χ2n) is 31.0. The lowest BCUT2D eigenvalue weighted by Gasteiger charge is -2.46. The quantitative estimate of drug-likeness (QED) is 0.0204. The van der Waals surface area contributed by atoms with Crippen LogP contribution in [-0.2, 0) is 23.7 Å². The van der Waals surface area contributed by atoms with E-state index in [1.54, 1.807) is 6.08 Å². The molecule has 14 heteroatoms. The maximum atomic E-state index is 13.4. The summed E-state index contributed by atoms with van der Waals surface area (Å²) in [7, 11) is 0. The highest BCUT2D eigenvalue weighted by atomic mass is 16.7. The summed E-state index contributed by atoms with van der Waals surface area (Å²) in [5.74, 6) is -0.239. The largest absolute Gasteiger partial charge is 0.394 e. The molecule has 2 saturated heterocycles. The SMILES string of the molecule is CCCCCCCCCCCCCCCCCCCCCC/C=C/CC/C=C/C(O)C(COC1OC(CO)C(OC2OC(CO)C(O)C(O)C2O)C(O)C1O)NC(=O)CCCCCCCCCCCCCCCCCCCCCCCCCCCCCCCCCCCCCCCCCC. The molecule has 0 aromatic rings. The number of amides is 1. The standard InChI is InChI=1S/C86H165NO13/c1-3-5-7-9-11-13-15-17-19-21-23-25-27-29-31-32-33-34-35-36-37-38-39-40-41-42-43-44-46-48-50-52-54-56-58-60-62-64-66-68-70-78(91)87-74(73-97-85-83(96)81(94)84(77(72-89)99-85)100-86-82(95)80(93)79(92)76(71-88)98-86)75(90)69-67-65-63-61-59-57-55-53-51-49-47-45-30-28-26-24-22-20-18-16-14-12-10-8-6-4-2/h59,61,67,69,74-77,79-86,88-90,92-96H,3-58,60,62-66,68,70-73H2,1-2H3,(H,87,91)/b61-59+,69-67+. The van der Waals surface area contributed by atoms with Crippen LogP contribution in [0.15, 0.2) is 24.3 Å². The van der Waals surface area contributed by atoms with Crippen LogP contribution in [0.2, 0.25) is 0 Å². The molecule has 12 atom stereocenters. The maximum Gasteiger partial charge on any atom is 0.220 e. The molecule has 2 aliphatic heterocycles. The summed E-state index contributed by atoms with van der Waals surface area (Å²) in [6.07, 6.45) is 75.9. The second-order valence-corrected chi connectivity index (χ2v) is 31.0. The van der Waals surface area contributed by atoms with Crippen molar-refractivity contribution in [2.45, 2.75) is 498 Å². The van der Waals surface area contributed by atoms with Crippen molar-refractivity contribution in [1.82, 2.24) is 5.32 Å². The van der Waals surface area contributed by atoms with Crippen LogP contribution < -0.4 is 5.32 Å². The van der Waals surface area contributed by atoms with Crippen molar-refractivity contribution >= 4 is 5.91 Å². The summed E-state index contributed by atoms with van der Waals surface area (Å²) in [5, 5.41) is 87.7. The number of ether oxygens (including phenoxy) is 4. The van der Waals surface area contributed by atoms with Gasteiger partial charge in [-0.05, 0) is 32.1 Å². The van der Waals surface area contributed by atoms with Gasteiger partial charge in [0.05, 0.1) is 32.0 Å². The zero-order chi connectivity index (χ0) is 72.2. The van der Waals surface area contributed by atoms with Gasteiger partial charge in [0.1, 0.15) is 48.8 Å². The van der Waals surface area contributed by atoms with Gasteiger partial charge in [-0.25, -0.2) is 0 Å². The molecular weight excluding hydrogens is 1250 g/mol. The Labute approximate surface area is 615 Å². The van der Waals surface area contributed by atoms with E-state index in [2.05, 4.69) is 31.3 Å². The lowest BCUT2D eigenvalue weighted by molar-refractivity contribution is -0.359. The zero-order valence-electron chi connectivity index (χ0n) is 65.2. The first-order valence-electron chi connectivity index (χ1n) is 43.6. The molecule has 0 radical (unpaired) electrons. The van der Waals surface area contributed by atoms with E-state index in [0.717, 1.165) is 32.1 Å². The van der Waals surface area contributed by atoms with Crippen molar-refractivity contribution in [2.75, 3.05) is 19.8 Å². The lowest BCUT2D eigenvalue weighted by Crippen LogP contribution is -2.65. The van der Waals surface area contributed by atoms with Crippen LogP contribution in [0.4, 0.5) is 0 Å². The van der Waals surface area contributed by atoms with Gasteiger partial charge in [-0.15, -0.1) is 0 Å². The van der Waals surface area contributed by atoms with E-state index in [1.165, 1.54) is 360 Å². The molecule has 2 fully saturated rings. The molecule has 0 spiro atoms. The first-order valence-corrected chi connectivity index (χ1v) is 43.6. The van der Waals surface area contributed by atoms with Gasteiger partial charge in [-0.3, -0.25) is 4.79 Å². The van der Waals surface area contributed by atoms with E-state index in [1.807, 2.05) is 6.08 Å². The van der Waals surface area contributed by atoms with E-state index < -0.39 is 86.8 Å². The molecule has 0 aliphatic carbocycles. The predicted octanol–water partition coefficient (Wildman–Crippen LogP) is 20.6. The summed E-state index contributed by atoms with van der Waals surface area (Å²) in [6, 6.07) is -0.931. The number of aliphatic hydroxyl groups excluding tert-OH is 8. The average Bonchev–Trinajstić information content (AvgIpc) is 0.791. The second kappa shape index (κ2) is 70.5. The monoisotopic (exact) mass is 1420 g/mol. The topological polar surface area (TPSA) is 228 Å². The molecule has 592 valence electrons. The molecule has 2 aliphatic rings. The highest BCUT2D eigenvalue weighted by molar-refractivity contribution is 5.76. The predicted molar refractivity (Wildman–Crippen MR) is 415 cm³/mol. The van der Waals surface area contributed by atoms with Gasteiger partial charge in [0.25, 0.3) is 0 Å². The zero-order valence-corrected chi connectivity index (χ0v) is 65.2. The molecule has 2 heterocycles. The minimum Gasteiger partial charge on any atom is -0.394 e. The van der Waals surface area contributed by atoms with E-state index in [4.69, 9.17) is 18.9 Å². The van der Waals surface area contributed by atoms with Crippen molar-refractivity contribution in [3.63, 3.8) is 0 Å². The number of unbranched alkanes of at least 4 members (excludes halogenated alkanes) is 60. The first kappa shape index (κ1) is 94.6. The number of hydrogen-bond donors (Lipinski definition) is 9. The molecule has 0 bridgehead atoms. The van der Waals surface area contributed by atoms with Crippen LogP contribution in [-0.4, -0.2) is 140 Å². The Hall–Kier alpha value is -1.53. The van der Waals surface area contributed by atoms with Crippen LogP contribution in [0.25, 0.3) is 0 Å². The van der Waals surface area contributed by atoms with Gasteiger partial charge >= 0.3 is 0 Å². The van der Waals surface area contributed by atoms with Crippen molar-refractivity contribution in [2.24, 2.45) is 0 Å². The fraction of sp³-hybridized carbons (Fsp3) is 0.942. The van der Waals surface area contributed by atoms with E-state index >= 15 is 0 Å². The normalized spacial score (nSPS) is 21.9. The minimum atomic E-state index is -1.79. The lowest BCUT2D eigenvalue weighted by atomic mass is 9.97. The van der Waals surface area contributed by atoms with E-state index in [0.29, 0.717) is 12.8 Å². The van der Waals surface area contributed by atoms with Gasteiger partial charge in [-0.1, -0.05) is 411 Å². The third-order valence-corrected chi connectivity index (χ3v) is 21.6. The number of carbonyl (C=O) groups excluding carboxylic acids is 1. The smallest absolute Gasteiger partial charge is 0.220 e. The van der Waals surface area contributed by atoms with Crippen LogP contribution in [0.1, 0.15) is 425 Å². The number of carbonyl (C=O) groups is 1. The van der Waals surface area contributed by atoms with Crippen LogP contribution in [0.5, 0.6) is 0 Å². The van der Waals surface area contributed by atoms with Gasteiger partial charge in [0.2, 0.25) is 5.91 Å². The van der Waals surface area contributed by atoms with Crippen molar-refractivity contribution in [3.8, 4) is 0 Å². The minimum absolute atomic E-state index is 0.239. The molecule has 0 aromatic carbocycles. The highest BCUT2D eigenvalue weighted by Crippen LogP contribution is 2.31. The fourth-order valence-electron chi connectivity index (χ4n) is 14.8. The van der Waals surface area contributed by atoms with Crippen LogP contribution in [0.3, 0.4) is 0 Å². The van der Waals surface area contributed by atoms with Crippen molar-refractivity contribution in [1.29, 1.82) is 0 Å². The molecule has 2 rings (SSSR count). The molecular formula is C86H165NO13. The number of nitrogens with one attached hydrogen (secondary N) is 1. The van der Waals surface area contributed by atoms with Gasteiger partial charge in [0, 0.05) is 6.42 Å². The van der Waals surface area contributed by atoms with E-state index in [9.17, 15) is 45.6 Å². The molecule has 12 unspecified atom stereocenters. The highest BCUT2D eigenvalue weighted by Gasteiger charge is 2.51. The summed E-state index contributed by atoms with van der Waals surface area (Å²) >= 11 is 0. The summed E-state index contributed by atoms with van der Waals surface area (Å²) in [4.78, 5) is 13.4. The molecule has 100 heavy (non-hydrogen) atoms. The third kappa shape index (κ3) is 52.5. The Kier molecular flexibility index (Phi) is 66.6. The van der Waals surface area contributed by atoms with E-state index in [-0.39, 0.29) is 18.9 Å². The van der Waals surface area contributed by atoms with Gasteiger partial charge in [0.15, 0.2) is 12.6 Å². The number of allylic oxidation sites excluding steroid dienone is 3. The summed E-state index contributed by atoms with van der Waals surface area (Å²) in [6.45, 7) is 2.86.